The third-order valence-electron chi connectivity index (χ3n) is 5.28. The highest BCUT2D eigenvalue weighted by Crippen LogP contribution is 2.25. The molecule has 1 aromatic heterocycles. The largest absolute Gasteiger partial charge is 1.00 e. The maximum Gasteiger partial charge on any atom is 0.212 e. The monoisotopic (exact) mass is 605 g/mol. The van der Waals surface area contributed by atoms with Crippen molar-refractivity contribution >= 4 is 37.6 Å². The Morgan fingerprint density at radius 1 is 0.806 bits per heavy atom. The number of aromatic nitrogens is 1. The molecule has 0 saturated heterocycles. The lowest BCUT2D eigenvalue weighted by atomic mass is 10.1. The third-order valence-corrected chi connectivity index (χ3v) is 7.65. The number of rotatable bonds is 8. The van der Waals surface area contributed by atoms with E-state index in [2.05, 4.69) is 81.3 Å². The van der Waals surface area contributed by atoms with Crippen molar-refractivity contribution in [2.75, 3.05) is 0 Å². The summed E-state index contributed by atoms with van der Waals surface area (Å²) in [5.74, 6) is 0. The number of para-hydroxylation sites is 1. The Hall–Kier alpha value is -1.57. The number of benzene rings is 3. The number of halogens is 2. The van der Waals surface area contributed by atoms with Crippen LogP contribution in [0, 0.1) is 0 Å². The van der Waals surface area contributed by atoms with Crippen LogP contribution in [-0.2, 0) is 23.8 Å². The maximum atomic E-state index is 13.3. The van der Waals surface area contributed by atoms with Crippen LogP contribution < -0.4 is 28.5 Å². The van der Waals surface area contributed by atoms with Gasteiger partial charge in [-0.15, -0.1) is 0 Å². The van der Waals surface area contributed by atoms with Gasteiger partial charge >= 0.3 is 0 Å². The molecule has 0 aliphatic rings. The van der Waals surface area contributed by atoms with Crippen LogP contribution >= 0.6 is 15.9 Å². The van der Waals surface area contributed by atoms with Crippen LogP contribution in [0.3, 0.4) is 0 Å². The Morgan fingerprint density at radius 2 is 1.52 bits per heavy atom. The first-order valence-corrected chi connectivity index (χ1v) is 12.3. The van der Waals surface area contributed by atoms with E-state index < -0.39 is 10.8 Å². The lowest BCUT2D eigenvalue weighted by Crippen LogP contribution is -3.00. The fourth-order valence-corrected chi connectivity index (χ4v) is 5.61. The second kappa shape index (κ2) is 11.9. The van der Waals surface area contributed by atoms with Gasteiger partial charge in [0, 0.05) is 22.3 Å². The van der Waals surface area contributed by atoms with E-state index in [4.69, 9.17) is 0 Å². The molecular weight excluding hydrogens is 581 g/mol. The van der Waals surface area contributed by atoms with Crippen LogP contribution in [0.1, 0.15) is 24.8 Å². The molecule has 3 aromatic carbocycles. The first-order valence-electron chi connectivity index (χ1n) is 10.3. The molecule has 0 bridgehead atoms. The summed E-state index contributed by atoms with van der Waals surface area (Å²) in [5, 5.41) is 1.12. The highest BCUT2D eigenvalue weighted by atomic mass is 127. The Kier molecular flexibility index (Phi) is 9.23. The summed E-state index contributed by atoms with van der Waals surface area (Å²) in [4.78, 5) is 1.65. The number of nitrogens with zero attached hydrogens (tertiary/aromatic N) is 1. The molecular formula is C26H25BrINOS. The minimum absolute atomic E-state index is 0. The molecule has 5 heteroatoms. The zero-order chi connectivity index (χ0) is 20.8. The summed E-state index contributed by atoms with van der Waals surface area (Å²) in [6, 6.07) is 28.8. The summed E-state index contributed by atoms with van der Waals surface area (Å²) in [7, 11) is -1.23. The molecule has 1 heterocycles. The number of pyridine rings is 1. The van der Waals surface area contributed by atoms with Gasteiger partial charge in [0.05, 0.1) is 15.7 Å². The molecule has 0 fully saturated rings. The number of hydrogen-bond acceptors (Lipinski definition) is 1. The first kappa shape index (κ1) is 24.1. The van der Waals surface area contributed by atoms with Crippen LogP contribution in [0.5, 0.6) is 0 Å². The van der Waals surface area contributed by atoms with E-state index in [1.165, 1.54) is 23.9 Å². The van der Waals surface area contributed by atoms with E-state index in [1.807, 2.05) is 30.3 Å². The zero-order valence-corrected chi connectivity index (χ0v) is 21.8. The van der Waals surface area contributed by atoms with Crippen molar-refractivity contribution in [3.63, 3.8) is 0 Å². The molecule has 1 atom stereocenters. The van der Waals surface area contributed by atoms with Crippen LogP contribution in [0.4, 0.5) is 0 Å². The summed E-state index contributed by atoms with van der Waals surface area (Å²) in [6.45, 7) is 0.927. The molecule has 4 aromatic rings. The molecule has 0 N–H and O–H groups in total. The van der Waals surface area contributed by atoms with Crippen LogP contribution in [-0.4, -0.2) is 4.21 Å². The molecule has 2 nitrogen and oxygen atoms in total. The average molecular weight is 606 g/mol. The second-order valence-corrected chi connectivity index (χ2v) is 9.73. The van der Waals surface area contributed by atoms with Gasteiger partial charge in [-0.25, -0.2) is 4.21 Å². The molecule has 4 rings (SSSR count). The predicted octanol–water partition coefficient (Wildman–Crippen LogP) is 3.47. The standard InChI is InChI=1S/C26H25BrNOS.HI/c27-24-15-7-9-17-26(24)30(29)23-19-22-14-6-8-16-25(22)28(20-23)18-10-2-5-13-21-11-3-1-4-12-21;/h1,3-4,6-9,11-12,14-17,19-20H,2,5,10,13,18H2;1H/q+1;/p-1. The summed E-state index contributed by atoms with van der Waals surface area (Å²) < 4.78 is 16.4. The highest BCUT2D eigenvalue weighted by Gasteiger charge is 2.17. The van der Waals surface area contributed by atoms with E-state index >= 15 is 0 Å². The molecule has 0 saturated carbocycles. The number of fused-ring (bicyclic) bond motifs is 1. The maximum absolute atomic E-state index is 13.3. The summed E-state index contributed by atoms with van der Waals surface area (Å²) in [6.07, 6.45) is 6.65. The van der Waals surface area contributed by atoms with Crippen LogP contribution in [0.2, 0.25) is 0 Å². The summed E-state index contributed by atoms with van der Waals surface area (Å²) >= 11 is 3.54. The topological polar surface area (TPSA) is 20.9 Å². The molecule has 0 amide bonds. The van der Waals surface area contributed by atoms with Crippen molar-refractivity contribution in [2.24, 2.45) is 0 Å². The molecule has 0 spiro atoms. The van der Waals surface area contributed by atoms with Gasteiger partial charge in [-0.3, -0.25) is 0 Å². The Labute approximate surface area is 212 Å². The number of unbranched alkanes of at least 4 members (excludes halogenated alkanes) is 2. The van der Waals surface area contributed by atoms with Gasteiger partial charge in [-0.05, 0) is 65.0 Å². The normalized spacial score (nSPS) is 11.8. The Balaban J connectivity index is 0.00000272. The van der Waals surface area contributed by atoms with Gasteiger partial charge in [0.1, 0.15) is 11.4 Å². The van der Waals surface area contributed by atoms with E-state index in [-0.39, 0.29) is 24.0 Å². The van der Waals surface area contributed by atoms with E-state index in [0.29, 0.717) is 0 Å². The van der Waals surface area contributed by atoms with Gasteiger partial charge in [0.25, 0.3) is 0 Å². The van der Waals surface area contributed by atoms with Crippen molar-refractivity contribution in [1.82, 2.24) is 0 Å². The molecule has 1 unspecified atom stereocenters. The van der Waals surface area contributed by atoms with Crippen molar-refractivity contribution in [3.8, 4) is 0 Å². The first-order chi connectivity index (χ1) is 14.7. The van der Waals surface area contributed by atoms with Gasteiger partial charge in [0.15, 0.2) is 6.20 Å². The fourth-order valence-electron chi connectivity index (χ4n) is 3.73. The molecule has 160 valence electrons. The number of hydrogen-bond donors (Lipinski definition) is 0. The van der Waals surface area contributed by atoms with Gasteiger partial charge in [-0.1, -0.05) is 54.6 Å². The van der Waals surface area contributed by atoms with E-state index in [1.54, 1.807) is 0 Å². The average Bonchev–Trinajstić information content (AvgIpc) is 2.79. The number of aryl methyl sites for hydroxylation is 2. The summed E-state index contributed by atoms with van der Waals surface area (Å²) in [5.41, 5.74) is 2.59. The fraction of sp³-hybridized carbons (Fsp3) is 0.192. The minimum atomic E-state index is -1.23. The SMILES string of the molecule is O=S(c1cc2ccccc2[n+](CCCCCc2ccccc2)c1)c1ccccc1Br.[I-]. The minimum Gasteiger partial charge on any atom is -1.00 e. The Bertz CT molecular complexity index is 1170. The lowest BCUT2D eigenvalue weighted by Gasteiger charge is -2.07. The molecule has 0 aliphatic carbocycles. The third kappa shape index (κ3) is 6.24. The van der Waals surface area contributed by atoms with Crippen LogP contribution in [0.25, 0.3) is 10.9 Å². The van der Waals surface area contributed by atoms with Crippen LogP contribution in [0.15, 0.2) is 105 Å². The lowest BCUT2D eigenvalue weighted by molar-refractivity contribution is -0.673. The van der Waals surface area contributed by atoms with E-state index in [0.717, 1.165) is 39.0 Å². The smallest absolute Gasteiger partial charge is 0.212 e. The molecule has 0 aliphatic heterocycles. The predicted molar refractivity (Wildman–Crippen MR) is 127 cm³/mol. The second-order valence-electron chi connectivity index (χ2n) is 7.42. The van der Waals surface area contributed by atoms with E-state index in [9.17, 15) is 4.21 Å². The van der Waals surface area contributed by atoms with Gasteiger partial charge < -0.3 is 24.0 Å². The van der Waals surface area contributed by atoms with Crippen molar-refractivity contribution in [3.05, 3.63) is 101 Å². The van der Waals surface area contributed by atoms with Crippen molar-refractivity contribution in [1.29, 1.82) is 0 Å². The highest BCUT2D eigenvalue weighted by molar-refractivity contribution is 9.10. The van der Waals surface area contributed by atoms with Crippen molar-refractivity contribution in [2.45, 2.75) is 42.0 Å². The Morgan fingerprint density at radius 3 is 2.32 bits per heavy atom. The van der Waals surface area contributed by atoms with Gasteiger partial charge in [0.2, 0.25) is 5.52 Å². The quantitative estimate of drug-likeness (QED) is 0.171. The van der Waals surface area contributed by atoms with Gasteiger partial charge in [-0.2, -0.15) is 4.57 Å². The zero-order valence-electron chi connectivity index (χ0n) is 17.2. The molecule has 0 radical (unpaired) electrons. The van der Waals surface area contributed by atoms with Crippen molar-refractivity contribution < 1.29 is 32.8 Å². The molecule has 31 heavy (non-hydrogen) atoms.